The van der Waals surface area contributed by atoms with E-state index in [0.29, 0.717) is 5.69 Å². The molecule has 1 aromatic rings. The number of carboxylic acids is 1. The van der Waals surface area contributed by atoms with Gasteiger partial charge in [0, 0.05) is 5.69 Å². The Hall–Kier alpha value is -1.64. The van der Waals surface area contributed by atoms with Gasteiger partial charge in [-0.1, -0.05) is 0 Å². The van der Waals surface area contributed by atoms with Crippen LogP contribution in [0.15, 0.2) is 23.1 Å². The van der Waals surface area contributed by atoms with Gasteiger partial charge in [-0.25, -0.2) is 18.4 Å². The van der Waals surface area contributed by atoms with Gasteiger partial charge in [-0.15, -0.1) is 0 Å². The highest BCUT2D eigenvalue weighted by Crippen LogP contribution is 2.36. The van der Waals surface area contributed by atoms with Crippen LogP contribution in [0.1, 0.15) is 29.6 Å². The molecule has 8 heteroatoms. The summed E-state index contributed by atoms with van der Waals surface area (Å²) in [5.41, 5.74) is 0.278. The third-order valence-corrected chi connectivity index (χ3v) is 4.91. The van der Waals surface area contributed by atoms with Crippen molar-refractivity contribution in [3.63, 3.8) is 0 Å². The lowest BCUT2D eigenvalue weighted by Crippen LogP contribution is -2.31. The van der Waals surface area contributed by atoms with E-state index in [-0.39, 0.29) is 28.7 Å². The number of anilines is 1. The number of benzene rings is 1. The van der Waals surface area contributed by atoms with Gasteiger partial charge in [0.25, 0.3) is 0 Å². The van der Waals surface area contributed by atoms with Crippen LogP contribution in [0.4, 0.5) is 5.69 Å². The van der Waals surface area contributed by atoms with E-state index >= 15 is 0 Å². The molecule has 2 saturated heterocycles. The molecule has 3 atom stereocenters. The molecule has 0 aliphatic carbocycles. The molecule has 2 aliphatic heterocycles. The Morgan fingerprint density at radius 3 is 2.67 bits per heavy atom. The second-order valence-corrected chi connectivity index (χ2v) is 6.98. The summed E-state index contributed by atoms with van der Waals surface area (Å²) in [6.07, 6.45) is 3.17. The zero-order valence-corrected chi connectivity index (χ0v) is 12.0. The largest absolute Gasteiger partial charge is 0.478 e. The SMILES string of the molecule is NS(=O)(=O)c1ccc(NC2CC3CCC2O3)c(C(=O)O)c1. The maximum absolute atomic E-state index is 11.3. The summed E-state index contributed by atoms with van der Waals surface area (Å²) in [6.45, 7) is 0. The lowest BCUT2D eigenvalue weighted by molar-refractivity contribution is 0.0697. The Balaban J connectivity index is 1.89. The summed E-state index contributed by atoms with van der Waals surface area (Å²) in [7, 11) is -3.93. The number of hydrogen-bond donors (Lipinski definition) is 3. The number of hydrogen-bond acceptors (Lipinski definition) is 5. The molecule has 7 nitrogen and oxygen atoms in total. The number of fused-ring (bicyclic) bond motifs is 2. The molecule has 2 heterocycles. The van der Waals surface area contributed by atoms with Crippen LogP contribution in [0.3, 0.4) is 0 Å². The van der Waals surface area contributed by atoms with Crippen LogP contribution in [0.5, 0.6) is 0 Å². The molecule has 0 amide bonds. The zero-order chi connectivity index (χ0) is 15.2. The highest BCUT2D eigenvalue weighted by Gasteiger charge is 2.41. The number of carbonyl (C=O) groups is 1. The second kappa shape index (κ2) is 4.97. The summed E-state index contributed by atoms with van der Waals surface area (Å²) in [5.74, 6) is -1.20. The Morgan fingerprint density at radius 2 is 2.14 bits per heavy atom. The molecule has 0 spiro atoms. The van der Waals surface area contributed by atoms with E-state index in [9.17, 15) is 18.3 Å². The van der Waals surface area contributed by atoms with E-state index in [1.807, 2.05) is 0 Å². The molecule has 114 valence electrons. The smallest absolute Gasteiger partial charge is 0.337 e. The molecule has 4 N–H and O–H groups in total. The third-order valence-electron chi connectivity index (χ3n) is 4.00. The minimum atomic E-state index is -3.93. The van der Waals surface area contributed by atoms with Crippen molar-refractivity contribution in [2.45, 2.75) is 42.4 Å². The lowest BCUT2D eigenvalue weighted by atomic mass is 9.95. The number of nitrogens with two attached hydrogens (primary N) is 1. The van der Waals surface area contributed by atoms with E-state index in [4.69, 9.17) is 9.88 Å². The highest BCUT2D eigenvalue weighted by atomic mass is 32.2. The average molecular weight is 312 g/mol. The van der Waals surface area contributed by atoms with Crippen LogP contribution < -0.4 is 10.5 Å². The van der Waals surface area contributed by atoms with E-state index in [1.165, 1.54) is 12.1 Å². The average Bonchev–Trinajstić information content (AvgIpc) is 2.99. The van der Waals surface area contributed by atoms with Crippen molar-refractivity contribution in [1.82, 2.24) is 0 Å². The highest BCUT2D eigenvalue weighted by molar-refractivity contribution is 7.89. The quantitative estimate of drug-likeness (QED) is 0.755. The van der Waals surface area contributed by atoms with E-state index in [1.54, 1.807) is 0 Å². The first kappa shape index (κ1) is 14.3. The van der Waals surface area contributed by atoms with Gasteiger partial charge in [-0.05, 0) is 37.5 Å². The molecule has 0 radical (unpaired) electrons. The molecule has 2 aliphatic rings. The third kappa shape index (κ3) is 2.74. The maximum Gasteiger partial charge on any atom is 0.337 e. The maximum atomic E-state index is 11.3. The molecule has 2 bridgehead atoms. The minimum absolute atomic E-state index is 0.0576. The van der Waals surface area contributed by atoms with Crippen molar-refractivity contribution in [1.29, 1.82) is 0 Å². The minimum Gasteiger partial charge on any atom is -0.478 e. The van der Waals surface area contributed by atoms with Crippen LogP contribution >= 0.6 is 0 Å². The van der Waals surface area contributed by atoms with Gasteiger partial charge in [0.1, 0.15) is 0 Å². The molecule has 0 aromatic heterocycles. The van der Waals surface area contributed by atoms with Gasteiger partial charge in [-0.3, -0.25) is 0 Å². The van der Waals surface area contributed by atoms with E-state index < -0.39 is 16.0 Å². The van der Waals surface area contributed by atoms with Gasteiger partial charge in [-0.2, -0.15) is 0 Å². The molecule has 0 saturated carbocycles. The van der Waals surface area contributed by atoms with Crippen LogP contribution in [-0.2, 0) is 14.8 Å². The Bertz CT molecular complexity index is 688. The predicted octanol–water partition coefficient (Wildman–Crippen LogP) is 0.764. The van der Waals surface area contributed by atoms with Gasteiger partial charge in [0.2, 0.25) is 10.0 Å². The number of sulfonamides is 1. The van der Waals surface area contributed by atoms with Gasteiger partial charge >= 0.3 is 5.97 Å². The molecule has 3 rings (SSSR count). The monoisotopic (exact) mass is 312 g/mol. The van der Waals surface area contributed by atoms with E-state index in [0.717, 1.165) is 25.3 Å². The van der Waals surface area contributed by atoms with Crippen LogP contribution in [-0.4, -0.2) is 37.7 Å². The van der Waals surface area contributed by atoms with Gasteiger partial charge < -0.3 is 15.2 Å². The van der Waals surface area contributed by atoms with Crippen molar-refractivity contribution < 1.29 is 23.1 Å². The molecule has 1 aromatic carbocycles. The van der Waals surface area contributed by atoms with Crippen molar-refractivity contribution >= 4 is 21.7 Å². The molecule has 2 fully saturated rings. The van der Waals surface area contributed by atoms with E-state index in [2.05, 4.69) is 5.32 Å². The number of aromatic carboxylic acids is 1. The fourth-order valence-corrected chi connectivity index (χ4v) is 3.53. The number of nitrogens with one attached hydrogen (secondary N) is 1. The van der Waals surface area contributed by atoms with Crippen LogP contribution in [0, 0.1) is 0 Å². The Kier molecular flexibility index (Phi) is 3.39. The van der Waals surface area contributed by atoms with Gasteiger partial charge in [0.05, 0.1) is 28.7 Å². The molecule has 21 heavy (non-hydrogen) atoms. The van der Waals surface area contributed by atoms with Crippen molar-refractivity contribution in [3.05, 3.63) is 23.8 Å². The lowest BCUT2D eigenvalue weighted by Gasteiger charge is -2.22. The van der Waals surface area contributed by atoms with Gasteiger partial charge in [0.15, 0.2) is 0 Å². The summed E-state index contributed by atoms with van der Waals surface area (Å²) < 4.78 is 28.3. The summed E-state index contributed by atoms with van der Waals surface area (Å²) >= 11 is 0. The molecular formula is C13H16N2O5S. The van der Waals surface area contributed by atoms with Crippen molar-refractivity contribution in [2.24, 2.45) is 5.14 Å². The number of primary sulfonamides is 1. The Labute approximate surface area is 122 Å². The fourth-order valence-electron chi connectivity index (χ4n) is 2.99. The van der Waals surface area contributed by atoms with Crippen molar-refractivity contribution in [3.8, 4) is 0 Å². The predicted molar refractivity (Wildman–Crippen MR) is 74.7 cm³/mol. The zero-order valence-electron chi connectivity index (χ0n) is 11.2. The molecular weight excluding hydrogens is 296 g/mol. The summed E-state index contributed by atoms with van der Waals surface area (Å²) in [4.78, 5) is 11.1. The number of carboxylic acid groups (broad SMARTS) is 1. The van der Waals surface area contributed by atoms with Crippen LogP contribution in [0.2, 0.25) is 0 Å². The van der Waals surface area contributed by atoms with Crippen LogP contribution in [0.25, 0.3) is 0 Å². The first-order valence-corrected chi connectivity index (χ1v) is 8.21. The Morgan fingerprint density at radius 1 is 1.38 bits per heavy atom. The first-order valence-electron chi connectivity index (χ1n) is 6.67. The molecule has 3 unspecified atom stereocenters. The normalized spacial score (nSPS) is 27.8. The summed E-state index contributed by atoms with van der Waals surface area (Å²) in [6, 6.07) is 3.88. The van der Waals surface area contributed by atoms with Crippen molar-refractivity contribution in [2.75, 3.05) is 5.32 Å². The first-order chi connectivity index (χ1) is 9.84. The standard InChI is InChI=1S/C13H16N2O5S/c14-21(18,19)8-2-3-10(9(6-8)13(16)17)15-11-5-7-1-4-12(11)20-7/h2-3,6-7,11-12,15H,1,4-5H2,(H,16,17)(H2,14,18,19). The fraction of sp³-hybridized carbons (Fsp3) is 0.462. The summed E-state index contributed by atoms with van der Waals surface area (Å²) in [5, 5.41) is 17.4. The second-order valence-electron chi connectivity index (χ2n) is 5.42. The number of rotatable bonds is 4. The number of ether oxygens (including phenoxy) is 1. The topological polar surface area (TPSA) is 119 Å².